The van der Waals surface area contributed by atoms with Gasteiger partial charge in [0.25, 0.3) is 0 Å². The van der Waals surface area contributed by atoms with Crippen molar-refractivity contribution in [1.82, 2.24) is 15.0 Å². The molecule has 2 N–H and O–H groups in total. The second kappa shape index (κ2) is 7.04. The minimum atomic E-state index is -0.444. The minimum Gasteiger partial charge on any atom is -0.392 e. The van der Waals surface area contributed by atoms with Gasteiger partial charge < -0.3 is 20.1 Å². The van der Waals surface area contributed by atoms with Crippen LogP contribution in [-0.2, 0) is 17.8 Å². The molecule has 3 aromatic heterocycles. The van der Waals surface area contributed by atoms with Crippen molar-refractivity contribution in [2.75, 3.05) is 29.9 Å². The van der Waals surface area contributed by atoms with Crippen LogP contribution in [0.5, 0.6) is 0 Å². The fraction of sp³-hybridized carbons (Fsp3) is 0.571. The zero-order chi connectivity index (χ0) is 20.2. The third-order valence-electron chi connectivity index (χ3n) is 5.78. The number of aliphatic hydroxyl groups excluding tert-OH is 1. The van der Waals surface area contributed by atoms with Crippen LogP contribution in [0.25, 0.3) is 20.4 Å². The molecule has 2 aliphatic heterocycles. The van der Waals surface area contributed by atoms with Gasteiger partial charge in [-0.2, -0.15) is 0 Å². The van der Waals surface area contributed by atoms with E-state index in [1.54, 1.807) is 24.6 Å². The number of hydrogen-bond acceptors (Lipinski definition) is 8. The molecule has 1 saturated heterocycles. The summed E-state index contributed by atoms with van der Waals surface area (Å²) in [6, 6.07) is 0. The molecule has 0 spiro atoms. The lowest BCUT2D eigenvalue weighted by Gasteiger charge is -2.34. The maximum absolute atomic E-state index is 9.66. The Balaban J connectivity index is 1.74. The average Bonchev–Trinajstić information content (AvgIpc) is 3.32. The van der Waals surface area contributed by atoms with Crippen molar-refractivity contribution in [1.29, 1.82) is 0 Å². The van der Waals surface area contributed by atoms with Crippen LogP contribution >= 0.6 is 11.3 Å². The van der Waals surface area contributed by atoms with Gasteiger partial charge in [-0.1, -0.05) is 0 Å². The molecule has 0 saturated carbocycles. The predicted molar refractivity (Wildman–Crippen MR) is 117 cm³/mol. The number of rotatable bonds is 4. The number of thiophene rings is 1. The Kier molecular flexibility index (Phi) is 4.60. The van der Waals surface area contributed by atoms with Gasteiger partial charge in [0.1, 0.15) is 22.8 Å². The number of nitrogens with zero attached hydrogens (tertiary/aromatic N) is 4. The van der Waals surface area contributed by atoms with Crippen molar-refractivity contribution >= 4 is 43.4 Å². The third-order valence-corrected chi connectivity index (χ3v) is 6.86. The second-order valence-electron chi connectivity index (χ2n) is 8.72. The van der Waals surface area contributed by atoms with E-state index in [9.17, 15) is 5.11 Å². The number of hydrogen-bond donors (Lipinski definition) is 2. The van der Waals surface area contributed by atoms with Gasteiger partial charge in [-0.3, -0.25) is 0 Å². The first kappa shape index (κ1) is 19.0. The number of aliphatic hydroxyl groups is 1. The summed E-state index contributed by atoms with van der Waals surface area (Å²) in [5.41, 5.74) is 3.27. The summed E-state index contributed by atoms with van der Waals surface area (Å²) in [5.74, 6) is 1.85. The third kappa shape index (κ3) is 3.33. The van der Waals surface area contributed by atoms with E-state index in [2.05, 4.69) is 34.0 Å². The molecule has 2 aliphatic rings. The van der Waals surface area contributed by atoms with E-state index in [1.807, 2.05) is 0 Å². The maximum atomic E-state index is 9.66. The zero-order valence-electron chi connectivity index (χ0n) is 17.2. The van der Waals surface area contributed by atoms with Crippen LogP contribution in [0.15, 0.2) is 6.33 Å². The molecule has 5 heterocycles. The van der Waals surface area contributed by atoms with E-state index >= 15 is 0 Å². The molecule has 1 fully saturated rings. The summed E-state index contributed by atoms with van der Waals surface area (Å²) in [5, 5.41) is 14.1. The molecule has 7 nitrogen and oxygen atoms in total. The van der Waals surface area contributed by atoms with E-state index in [0.717, 1.165) is 51.6 Å². The van der Waals surface area contributed by atoms with Crippen LogP contribution in [0, 0.1) is 0 Å². The number of fused-ring (bicyclic) bond motifs is 5. The van der Waals surface area contributed by atoms with Crippen molar-refractivity contribution in [3.8, 4) is 0 Å². The molecule has 0 aliphatic carbocycles. The van der Waals surface area contributed by atoms with Gasteiger partial charge in [0.2, 0.25) is 0 Å². The van der Waals surface area contributed by atoms with Crippen molar-refractivity contribution < 1.29 is 9.84 Å². The Bertz CT molecular complexity index is 1070. The van der Waals surface area contributed by atoms with Crippen molar-refractivity contribution in [3.63, 3.8) is 0 Å². The molecule has 0 amide bonds. The second-order valence-corrected chi connectivity index (χ2v) is 9.72. The largest absolute Gasteiger partial charge is 0.392 e. The van der Waals surface area contributed by atoms with Crippen LogP contribution in [0.3, 0.4) is 0 Å². The fourth-order valence-electron chi connectivity index (χ4n) is 4.35. The normalized spacial score (nSPS) is 19.7. The Hall–Kier alpha value is -2.03. The molecule has 8 heteroatoms. The van der Waals surface area contributed by atoms with Crippen molar-refractivity contribution in [2.45, 2.75) is 58.3 Å². The Labute approximate surface area is 174 Å². The molecule has 0 aromatic carbocycles. The molecule has 0 bridgehead atoms. The molecule has 29 heavy (non-hydrogen) atoms. The summed E-state index contributed by atoms with van der Waals surface area (Å²) < 4.78 is 7.18. The van der Waals surface area contributed by atoms with Crippen LogP contribution in [0.2, 0.25) is 0 Å². The Morgan fingerprint density at radius 1 is 1.28 bits per heavy atom. The molecule has 1 atom stereocenters. The van der Waals surface area contributed by atoms with E-state index in [1.165, 1.54) is 24.0 Å². The van der Waals surface area contributed by atoms with Crippen LogP contribution < -0.4 is 10.2 Å². The highest BCUT2D eigenvalue weighted by molar-refractivity contribution is 7.26. The SMILES string of the molecule is CC(O)CNc1ncnc2c1sc1nc(N3CCCC3)c3c(c12)CC(C)(C)OC3. The van der Waals surface area contributed by atoms with Gasteiger partial charge in [-0.15, -0.1) is 11.3 Å². The topological polar surface area (TPSA) is 83.4 Å². The lowest BCUT2D eigenvalue weighted by atomic mass is 9.90. The summed E-state index contributed by atoms with van der Waals surface area (Å²) in [4.78, 5) is 17.6. The molecular weight excluding hydrogens is 386 g/mol. The van der Waals surface area contributed by atoms with E-state index in [0.29, 0.717) is 13.2 Å². The first-order valence-electron chi connectivity index (χ1n) is 10.3. The lowest BCUT2D eigenvalue weighted by Crippen LogP contribution is -2.33. The minimum absolute atomic E-state index is 0.210. The number of anilines is 2. The van der Waals surface area contributed by atoms with Crippen molar-refractivity contribution in [3.05, 3.63) is 17.5 Å². The molecule has 154 valence electrons. The van der Waals surface area contributed by atoms with Gasteiger partial charge >= 0.3 is 0 Å². The van der Waals surface area contributed by atoms with Gasteiger partial charge in [0.15, 0.2) is 0 Å². The molecule has 0 radical (unpaired) electrons. The smallest absolute Gasteiger partial charge is 0.147 e. The zero-order valence-corrected chi connectivity index (χ0v) is 18.0. The highest BCUT2D eigenvalue weighted by Crippen LogP contribution is 2.44. The van der Waals surface area contributed by atoms with Crippen molar-refractivity contribution in [2.24, 2.45) is 0 Å². The Morgan fingerprint density at radius 3 is 2.83 bits per heavy atom. The monoisotopic (exact) mass is 413 g/mol. The molecular formula is C21H27N5O2S. The van der Waals surface area contributed by atoms with Gasteiger partial charge in [0, 0.05) is 37.0 Å². The van der Waals surface area contributed by atoms with Gasteiger partial charge in [-0.05, 0) is 39.2 Å². The number of aromatic nitrogens is 3. The Morgan fingerprint density at radius 2 is 2.07 bits per heavy atom. The average molecular weight is 414 g/mol. The highest BCUT2D eigenvalue weighted by atomic mass is 32.1. The summed E-state index contributed by atoms with van der Waals surface area (Å²) in [6.45, 7) is 9.21. The van der Waals surface area contributed by atoms with E-state index < -0.39 is 6.10 Å². The standard InChI is InChI=1S/C21H27N5O2S/c1-12(27)9-22-18-17-16(23-11-24-18)15-13-8-21(2,3)28-10-14(13)19(25-20(15)29-17)26-6-4-5-7-26/h11-12,27H,4-10H2,1-3H3,(H,22,23,24). The quantitative estimate of drug-likeness (QED) is 0.677. The molecule has 1 unspecified atom stereocenters. The summed E-state index contributed by atoms with van der Waals surface area (Å²) >= 11 is 1.64. The first-order valence-corrected chi connectivity index (χ1v) is 11.1. The first-order chi connectivity index (χ1) is 13.9. The molecule has 5 rings (SSSR count). The summed E-state index contributed by atoms with van der Waals surface area (Å²) in [6.07, 6.45) is 4.43. The van der Waals surface area contributed by atoms with Gasteiger partial charge in [-0.25, -0.2) is 15.0 Å². The number of nitrogens with one attached hydrogen (secondary N) is 1. The van der Waals surface area contributed by atoms with E-state index in [4.69, 9.17) is 9.72 Å². The fourth-order valence-corrected chi connectivity index (χ4v) is 5.47. The maximum Gasteiger partial charge on any atom is 0.147 e. The number of pyridine rings is 1. The van der Waals surface area contributed by atoms with Gasteiger partial charge in [0.05, 0.1) is 28.5 Å². The molecule has 3 aromatic rings. The highest BCUT2D eigenvalue weighted by Gasteiger charge is 2.33. The van der Waals surface area contributed by atoms with Crippen LogP contribution in [-0.4, -0.2) is 51.4 Å². The van der Waals surface area contributed by atoms with Crippen LogP contribution in [0.1, 0.15) is 44.7 Å². The number of ether oxygens (including phenoxy) is 1. The van der Waals surface area contributed by atoms with Crippen LogP contribution in [0.4, 0.5) is 11.6 Å². The summed E-state index contributed by atoms with van der Waals surface area (Å²) in [7, 11) is 0. The lowest BCUT2D eigenvalue weighted by molar-refractivity contribution is -0.0395. The predicted octanol–water partition coefficient (Wildman–Crippen LogP) is 3.48. The van der Waals surface area contributed by atoms with E-state index in [-0.39, 0.29) is 5.60 Å².